The fourth-order valence-corrected chi connectivity index (χ4v) is 2.81. The van der Waals surface area contributed by atoms with E-state index >= 15 is 0 Å². The highest BCUT2D eigenvalue weighted by Gasteiger charge is 2.35. The molecule has 1 unspecified atom stereocenters. The van der Waals surface area contributed by atoms with Crippen molar-refractivity contribution in [1.82, 2.24) is 4.90 Å². The highest BCUT2D eigenvalue weighted by molar-refractivity contribution is 6.25. The minimum atomic E-state index is -0.648. The average molecular weight is 347 g/mol. The number of urea groups is 2. The molecule has 0 saturated heterocycles. The number of fused-ring (bicyclic) bond motifs is 1. The molecule has 0 fully saturated rings. The van der Waals surface area contributed by atoms with E-state index in [0.717, 1.165) is 0 Å². The van der Waals surface area contributed by atoms with Gasteiger partial charge in [-0.05, 0) is 32.1 Å². The lowest BCUT2D eigenvalue weighted by Crippen LogP contribution is -2.49. The summed E-state index contributed by atoms with van der Waals surface area (Å²) in [5.74, 6) is -0.0420. The number of hydrogen-bond acceptors (Lipinski definition) is 3. The zero-order chi connectivity index (χ0) is 18.7. The third-order valence-electron chi connectivity index (χ3n) is 3.98. The van der Waals surface area contributed by atoms with Crippen molar-refractivity contribution < 1.29 is 9.59 Å². The maximum atomic E-state index is 12.5. The molecule has 1 atom stereocenters. The summed E-state index contributed by atoms with van der Waals surface area (Å²) < 4.78 is 0. The Bertz CT molecular complexity index is 918. The van der Waals surface area contributed by atoms with Crippen LogP contribution in [-0.4, -0.2) is 34.6 Å². The molecule has 3 rings (SSSR count). The van der Waals surface area contributed by atoms with Crippen LogP contribution in [0.1, 0.15) is 19.4 Å². The SMILES string of the molecule is CC(C)N1C(=O)N=C2C=CC=CC2/C1=N\C(=O)Nc1ccccc1C#N. The van der Waals surface area contributed by atoms with Crippen molar-refractivity contribution in [3.05, 3.63) is 54.1 Å². The number of amidine groups is 1. The van der Waals surface area contributed by atoms with E-state index < -0.39 is 12.1 Å². The van der Waals surface area contributed by atoms with Gasteiger partial charge in [0.2, 0.25) is 0 Å². The topological polar surface area (TPSA) is 97.9 Å². The first-order valence-electron chi connectivity index (χ1n) is 8.16. The number of allylic oxidation sites excluding steroid dienone is 3. The predicted octanol–water partition coefficient (Wildman–Crippen LogP) is 3.52. The van der Waals surface area contributed by atoms with Crippen LogP contribution in [0, 0.1) is 17.2 Å². The number of aliphatic imine (C=N–C) groups is 2. The second-order valence-corrected chi connectivity index (χ2v) is 6.06. The number of anilines is 1. The third-order valence-corrected chi connectivity index (χ3v) is 3.98. The number of rotatable bonds is 2. The van der Waals surface area contributed by atoms with Crippen LogP contribution in [0.25, 0.3) is 0 Å². The largest absolute Gasteiger partial charge is 0.349 e. The quantitative estimate of drug-likeness (QED) is 0.886. The van der Waals surface area contributed by atoms with Crippen molar-refractivity contribution in [3.63, 3.8) is 0 Å². The van der Waals surface area contributed by atoms with Gasteiger partial charge < -0.3 is 5.32 Å². The van der Waals surface area contributed by atoms with E-state index in [2.05, 4.69) is 15.3 Å². The van der Waals surface area contributed by atoms with E-state index in [0.29, 0.717) is 22.8 Å². The molecular weight excluding hydrogens is 330 g/mol. The maximum absolute atomic E-state index is 12.5. The fraction of sp³-hybridized carbons (Fsp3) is 0.211. The van der Waals surface area contributed by atoms with Gasteiger partial charge in [0.25, 0.3) is 0 Å². The molecule has 1 aliphatic heterocycles. The second kappa shape index (κ2) is 7.15. The van der Waals surface area contributed by atoms with E-state index in [1.807, 2.05) is 32.1 Å². The van der Waals surface area contributed by atoms with Crippen molar-refractivity contribution >= 4 is 29.3 Å². The number of carbonyl (C=O) groups is 2. The van der Waals surface area contributed by atoms with Crippen LogP contribution in [0.15, 0.2) is 58.6 Å². The molecule has 4 amide bonds. The lowest BCUT2D eigenvalue weighted by molar-refractivity contribution is 0.220. The fourth-order valence-electron chi connectivity index (χ4n) is 2.81. The summed E-state index contributed by atoms with van der Waals surface area (Å²) in [7, 11) is 0. The molecule has 7 heteroatoms. The van der Waals surface area contributed by atoms with Crippen LogP contribution < -0.4 is 5.32 Å². The van der Waals surface area contributed by atoms with Crippen LogP contribution in [0.2, 0.25) is 0 Å². The van der Waals surface area contributed by atoms with Gasteiger partial charge in [-0.3, -0.25) is 4.90 Å². The van der Waals surface area contributed by atoms with Crippen molar-refractivity contribution in [3.8, 4) is 6.07 Å². The molecule has 0 aromatic heterocycles. The molecule has 1 heterocycles. The van der Waals surface area contributed by atoms with E-state index in [1.54, 1.807) is 36.4 Å². The van der Waals surface area contributed by atoms with E-state index in [9.17, 15) is 9.59 Å². The lowest BCUT2D eigenvalue weighted by Gasteiger charge is -2.34. The smallest absolute Gasteiger partial charge is 0.305 e. The minimum Gasteiger partial charge on any atom is -0.305 e. The van der Waals surface area contributed by atoms with Gasteiger partial charge in [0.15, 0.2) is 0 Å². The van der Waals surface area contributed by atoms with Crippen molar-refractivity contribution in [2.45, 2.75) is 19.9 Å². The van der Waals surface area contributed by atoms with Crippen LogP contribution in [0.4, 0.5) is 15.3 Å². The monoisotopic (exact) mass is 347 g/mol. The average Bonchev–Trinajstić information content (AvgIpc) is 2.61. The van der Waals surface area contributed by atoms with E-state index in [1.165, 1.54) is 4.90 Å². The highest BCUT2D eigenvalue weighted by Crippen LogP contribution is 2.23. The van der Waals surface area contributed by atoms with Gasteiger partial charge in [-0.25, -0.2) is 9.59 Å². The predicted molar refractivity (Wildman–Crippen MR) is 99.2 cm³/mol. The molecule has 0 radical (unpaired) electrons. The number of para-hydroxylation sites is 1. The Hall–Kier alpha value is -3.53. The Morgan fingerprint density at radius 2 is 2.12 bits per heavy atom. The zero-order valence-corrected chi connectivity index (χ0v) is 14.4. The van der Waals surface area contributed by atoms with Crippen molar-refractivity contribution in [2.75, 3.05) is 5.32 Å². The third kappa shape index (κ3) is 3.30. The first-order valence-corrected chi connectivity index (χ1v) is 8.16. The van der Waals surface area contributed by atoms with Crippen LogP contribution in [0.5, 0.6) is 0 Å². The van der Waals surface area contributed by atoms with Gasteiger partial charge in [-0.1, -0.05) is 30.4 Å². The molecule has 7 nitrogen and oxygen atoms in total. The van der Waals surface area contributed by atoms with Gasteiger partial charge in [-0.2, -0.15) is 15.2 Å². The molecular formula is C19H17N5O2. The molecule has 1 aromatic rings. The molecule has 0 bridgehead atoms. The summed E-state index contributed by atoms with van der Waals surface area (Å²) >= 11 is 0. The molecule has 130 valence electrons. The standard InChI is InChI=1S/C19H17N5O2/c1-12(2)24-17(14-8-4-6-10-16(14)22-19(24)26)23-18(25)21-15-9-5-3-7-13(15)11-20/h3-10,12,14H,1-2H3,(H,21,25)/b23-17+. The number of nitriles is 1. The lowest BCUT2D eigenvalue weighted by atomic mass is 9.94. The van der Waals surface area contributed by atoms with Crippen LogP contribution >= 0.6 is 0 Å². The molecule has 1 aliphatic carbocycles. The minimum absolute atomic E-state index is 0.204. The normalized spacial score (nSPS) is 20.0. The number of carbonyl (C=O) groups excluding carboxylic acids is 2. The Balaban J connectivity index is 1.96. The number of nitrogens with one attached hydrogen (secondary N) is 1. The number of benzene rings is 1. The zero-order valence-electron chi connectivity index (χ0n) is 14.4. The number of hydrogen-bond donors (Lipinski definition) is 1. The van der Waals surface area contributed by atoms with Gasteiger partial charge in [0, 0.05) is 6.04 Å². The Kier molecular flexibility index (Phi) is 4.76. The van der Waals surface area contributed by atoms with Gasteiger partial charge in [0.05, 0.1) is 22.9 Å². The van der Waals surface area contributed by atoms with E-state index in [4.69, 9.17) is 5.26 Å². The molecule has 2 aliphatic rings. The summed E-state index contributed by atoms with van der Waals surface area (Å²) in [6.45, 7) is 3.67. The number of amides is 4. The molecule has 0 saturated carbocycles. The molecule has 26 heavy (non-hydrogen) atoms. The van der Waals surface area contributed by atoms with Gasteiger partial charge in [0.1, 0.15) is 11.9 Å². The summed E-state index contributed by atoms with van der Waals surface area (Å²) in [4.78, 5) is 34.5. The number of nitrogens with zero attached hydrogens (tertiary/aromatic N) is 4. The maximum Gasteiger partial charge on any atom is 0.349 e. The first-order chi connectivity index (χ1) is 12.5. The second-order valence-electron chi connectivity index (χ2n) is 6.06. The first kappa shape index (κ1) is 17.3. The Labute approximate surface area is 151 Å². The van der Waals surface area contributed by atoms with Crippen LogP contribution in [-0.2, 0) is 0 Å². The van der Waals surface area contributed by atoms with Gasteiger partial charge in [-0.15, -0.1) is 0 Å². The summed E-state index contributed by atoms with van der Waals surface area (Å²) in [6, 6.07) is 7.37. The molecule has 0 spiro atoms. The summed E-state index contributed by atoms with van der Waals surface area (Å²) in [5.41, 5.74) is 1.26. The summed E-state index contributed by atoms with van der Waals surface area (Å²) in [6.07, 6.45) is 7.19. The Morgan fingerprint density at radius 3 is 2.85 bits per heavy atom. The van der Waals surface area contributed by atoms with Crippen molar-refractivity contribution in [2.24, 2.45) is 15.9 Å². The van der Waals surface area contributed by atoms with Crippen molar-refractivity contribution in [1.29, 1.82) is 5.26 Å². The van der Waals surface area contributed by atoms with E-state index in [-0.39, 0.29) is 12.0 Å². The highest BCUT2D eigenvalue weighted by atomic mass is 16.2. The molecule has 1 N–H and O–H groups in total. The van der Waals surface area contributed by atoms with Crippen LogP contribution in [0.3, 0.4) is 0 Å². The Morgan fingerprint density at radius 1 is 1.35 bits per heavy atom. The molecule has 1 aromatic carbocycles. The summed E-state index contributed by atoms with van der Waals surface area (Å²) in [5, 5.41) is 11.7. The van der Waals surface area contributed by atoms with Gasteiger partial charge >= 0.3 is 12.1 Å².